The average molecular weight is 302 g/mol. The van der Waals surface area contributed by atoms with E-state index in [1.54, 1.807) is 6.92 Å². The molecule has 0 radical (unpaired) electrons. The van der Waals surface area contributed by atoms with Gasteiger partial charge in [0.25, 0.3) is 10.0 Å². The van der Waals surface area contributed by atoms with Crippen molar-refractivity contribution < 1.29 is 27.5 Å². The molecule has 1 aliphatic rings. The molecule has 2 heterocycles. The van der Waals surface area contributed by atoms with Gasteiger partial charge >= 0.3 is 5.97 Å². The highest BCUT2D eigenvalue weighted by Gasteiger charge is 2.39. The van der Waals surface area contributed by atoms with Crippen LogP contribution in [0.4, 0.5) is 0 Å². The minimum absolute atomic E-state index is 0.121. The summed E-state index contributed by atoms with van der Waals surface area (Å²) in [5.41, 5.74) is 0. The fourth-order valence-corrected chi connectivity index (χ4v) is 3.64. The van der Waals surface area contributed by atoms with E-state index < -0.39 is 32.9 Å². The van der Waals surface area contributed by atoms with Crippen molar-refractivity contribution in [2.75, 3.05) is 13.1 Å². The predicted octanol–water partition coefficient (Wildman–Crippen LogP) is -0.123. The molecule has 110 valence electrons. The van der Waals surface area contributed by atoms with Crippen LogP contribution in [0, 0.1) is 0 Å². The number of nitrogens with zero attached hydrogens (tertiary/aromatic N) is 1. The van der Waals surface area contributed by atoms with E-state index in [0.717, 1.165) is 16.4 Å². The molecule has 8 nitrogen and oxygen atoms in total. The first-order valence-electron chi connectivity index (χ1n) is 6.00. The number of carboxylic acid groups (broad SMARTS) is 1. The third-order valence-electron chi connectivity index (χ3n) is 3.02. The van der Waals surface area contributed by atoms with Crippen molar-refractivity contribution >= 4 is 21.9 Å². The Kier molecular flexibility index (Phi) is 3.82. The number of hydrogen-bond acceptors (Lipinski definition) is 5. The zero-order valence-corrected chi connectivity index (χ0v) is 11.5. The van der Waals surface area contributed by atoms with E-state index in [1.165, 1.54) is 0 Å². The smallest absolute Gasteiger partial charge is 0.371 e. The first-order chi connectivity index (χ1) is 9.37. The molecule has 0 bridgehead atoms. The lowest BCUT2D eigenvalue weighted by molar-refractivity contribution is -0.126. The van der Waals surface area contributed by atoms with Crippen LogP contribution < -0.4 is 5.32 Å². The first kappa shape index (κ1) is 14.5. The number of piperazine rings is 1. The quantitative estimate of drug-likeness (QED) is 0.800. The summed E-state index contributed by atoms with van der Waals surface area (Å²) in [7, 11) is -4.03. The Balaban J connectivity index is 2.37. The summed E-state index contributed by atoms with van der Waals surface area (Å²) in [4.78, 5) is 22.4. The van der Waals surface area contributed by atoms with Crippen LogP contribution in [0.3, 0.4) is 0 Å². The van der Waals surface area contributed by atoms with Crippen molar-refractivity contribution in [3.05, 3.63) is 17.9 Å². The molecule has 2 N–H and O–H groups in total. The topological polar surface area (TPSA) is 117 Å². The molecule has 1 amide bonds. The van der Waals surface area contributed by atoms with Gasteiger partial charge in [-0.2, -0.15) is 4.31 Å². The molecule has 1 aliphatic heterocycles. The maximum Gasteiger partial charge on any atom is 0.371 e. The van der Waals surface area contributed by atoms with Crippen LogP contribution in [0.5, 0.6) is 0 Å². The maximum atomic E-state index is 12.4. The average Bonchev–Trinajstić information content (AvgIpc) is 2.88. The van der Waals surface area contributed by atoms with Gasteiger partial charge in [-0.15, -0.1) is 0 Å². The van der Waals surface area contributed by atoms with Gasteiger partial charge in [0.1, 0.15) is 6.04 Å². The van der Waals surface area contributed by atoms with Gasteiger partial charge in [0, 0.05) is 13.1 Å². The number of carbonyl (C=O) groups excluding carboxylic acids is 1. The Morgan fingerprint density at radius 3 is 2.80 bits per heavy atom. The maximum absolute atomic E-state index is 12.4. The molecule has 0 aliphatic carbocycles. The molecule has 0 aromatic carbocycles. The van der Waals surface area contributed by atoms with E-state index in [-0.39, 0.29) is 19.0 Å². The number of nitrogens with one attached hydrogen (secondary N) is 1. The summed E-state index contributed by atoms with van der Waals surface area (Å²) in [5, 5.41) is 10.9. The molecule has 1 fully saturated rings. The lowest BCUT2D eigenvalue weighted by Gasteiger charge is -2.32. The highest BCUT2D eigenvalue weighted by atomic mass is 32.2. The lowest BCUT2D eigenvalue weighted by atomic mass is 10.2. The van der Waals surface area contributed by atoms with Gasteiger partial charge in [-0.1, -0.05) is 6.92 Å². The molecule has 1 aromatic heterocycles. The van der Waals surface area contributed by atoms with Crippen LogP contribution >= 0.6 is 0 Å². The largest absolute Gasteiger partial charge is 0.475 e. The molecule has 1 saturated heterocycles. The van der Waals surface area contributed by atoms with Crippen LogP contribution in [0.15, 0.2) is 21.6 Å². The van der Waals surface area contributed by atoms with Crippen molar-refractivity contribution in [1.82, 2.24) is 9.62 Å². The van der Waals surface area contributed by atoms with Gasteiger partial charge in [0.2, 0.25) is 16.8 Å². The fraction of sp³-hybridized carbons (Fsp3) is 0.455. The normalized spacial score (nSPS) is 20.6. The highest BCUT2D eigenvalue weighted by Crippen LogP contribution is 2.23. The van der Waals surface area contributed by atoms with Gasteiger partial charge < -0.3 is 14.8 Å². The standard InChI is InChI=1S/C11H14N2O6S/c1-2-7-10(14)12-5-6-13(7)20(17,18)9-4-3-8(19-9)11(15)16/h3-4,7H,2,5-6H2,1H3,(H,12,14)(H,15,16). The second-order valence-corrected chi connectivity index (χ2v) is 6.08. The molecule has 1 unspecified atom stereocenters. The Labute approximate surface area is 115 Å². The van der Waals surface area contributed by atoms with Crippen LogP contribution in [0.25, 0.3) is 0 Å². The number of carboxylic acids is 1. The van der Waals surface area contributed by atoms with Gasteiger partial charge in [-0.05, 0) is 18.6 Å². The van der Waals surface area contributed by atoms with E-state index >= 15 is 0 Å². The van der Waals surface area contributed by atoms with E-state index in [4.69, 9.17) is 9.52 Å². The summed E-state index contributed by atoms with van der Waals surface area (Å²) >= 11 is 0. The Morgan fingerprint density at radius 2 is 2.25 bits per heavy atom. The molecule has 1 atom stereocenters. The van der Waals surface area contributed by atoms with Gasteiger partial charge in [0.05, 0.1) is 0 Å². The molecule has 1 aromatic rings. The van der Waals surface area contributed by atoms with Gasteiger partial charge in [-0.3, -0.25) is 4.79 Å². The Morgan fingerprint density at radius 1 is 1.55 bits per heavy atom. The molecule has 9 heteroatoms. The molecular formula is C11H14N2O6S. The van der Waals surface area contributed by atoms with Crippen molar-refractivity contribution in [1.29, 1.82) is 0 Å². The van der Waals surface area contributed by atoms with Crippen molar-refractivity contribution in [2.45, 2.75) is 24.5 Å². The number of sulfonamides is 1. The van der Waals surface area contributed by atoms with Crippen LogP contribution in [-0.2, 0) is 14.8 Å². The minimum atomic E-state index is -4.03. The molecule has 2 rings (SSSR count). The summed E-state index contributed by atoms with van der Waals surface area (Å²) in [6.07, 6.45) is 0.317. The molecular weight excluding hydrogens is 288 g/mol. The van der Waals surface area contributed by atoms with Crippen molar-refractivity contribution in [3.63, 3.8) is 0 Å². The van der Waals surface area contributed by atoms with E-state index in [0.29, 0.717) is 6.42 Å². The highest BCUT2D eigenvalue weighted by molar-refractivity contribution is 7.89. The SMILES string of the molecule is CCC1C(=O)NCCN1S(=O)(=O)c1ccc(C(=O)O)o1. The predicted molar refractivity (Wildman–Crippen MR) is 66.6 cm³/mol. The number of aromatic carboxylic acids is 1. The van der Waals surface area contributed by atoms with E-state index in [1.807, 2.05) is 0 Å². The Bertz CT molecular complexity index is 635. The van der Waals surface area contributed by atoms with Crippen LogP contribution in [0.2, 0.25) is 0 Å². The second kappa shape index (κ2) is 5.25. The minimum Gasteiger partial charge on any atom is -0.475 e. The van der Waals surface area contributed by atoms with Gasteiger partial charge in [-0.25, -0.2) is 13.2 Å². The number of carbonyl (C=O) groups is 2. The number of amides is 1. The summed E-state index contributed by atoms with van der Waals surface area (Å²) in [5.74, 6) is -2.18. The number of hydrogen-bond donors (Lipinski definition) is 2. The van der Waals surface area contributed by atoms with Gasteiger partial charge in [0.15, 0.2) is 0 Å². The number of rotatable bonds is 4. The van der Waals surface area contributed by atoms with Crippen molar-refractivity contribution in [3.8, 4) is 0 Å². The molecule has 0 spiro atoms. The Hall–Kier alpha value is -1.87. The second-order valence-electron chi connectivity index (χ2n) is 4.25. The lowest BCUT2D eigenvalue weighted by Crippen LogP contribution is -2.56. The van der Waals surface area contributed by atoms with E-state index in [9.17, 15) is 18.0 Å². The van der Waals surface area contributed by atoms with Crippen LogP contribution in [-0.4, -0.2) is 48.8 Å². The zero-order valence-electron chi connectivity index (χ0n) is 10.7. The fourth-order valence-electron chi connectivity index (χ4n) is 2.06. The molecule has 20 heavy (non-hydrogen) atoms. The third-order valence-corrected chi connectivity index (χ3v) is 4.81. The summed E-state index contributed by atoms with van der Waals surface area (Å²) in [6, 6.07) is 1.34. The van der Waals surface area contributed by atoms with Crippen LogP contribution in [0.1, 0.15) is 23.9 Å². The summed E-state index contributed by atoms with van der Waals surface area (Å²) < 4.78 is 30.7. The monoisotopic (exact) mass is 302 g/mol. The molecule has 0 saturated carbocycles. The zero-order chi connectivity index (χ0) is 14.9. The number of furan rings is 1. The first-order valence-corrected chi connectivity index (χ1v) is 7.44. The van der Waals surface area contributed by atoms with Crippen molar-refractivity contribution in [2.24, 2.45) is 0 Å². The van der Waals surface area contributed by atoms with E-state index in [2.05, 4.69) is 5.32 Å². The summed E-state index contributed by atoms with van der Waals surface area (Å²) in [6.45, 7) is 2.03. The third kappa shape index (κ3) is 2.41.